The normalized spacial score (nSPS) is 13.1. The van der Waals surface area contributed by atoms with Crippen molar-refractivity contribution in [2.24, 2.45) is 0 Å². The number of rotatable bonds is 2. The third-order valence-corrected chi connectivity index (χ3v) is 0.733. The fraction of sp³-hybridized carbons (Fsp3) is 1.00. The summed E-state index contributed by atoms with van der Waals surface area (Å²) >= 11 is 0. The van der Waals surface area contributed by atoms with Gasteiger partial charge in [0.15, 0.2) is 0 Å². The highest BCUT2D eigenvalue weighted by Gasteiger charge is 2.02. The van der Waals surface area contributed by atoms with E-state index in [9.17, 15) is 4.57 Å². The van der Waals surface area contributed by atoms with Gasteiger partial charge in [0.05, 0.1) is 19.8 Å². The maximum absolute atomic E-state index is 9.29. The molecule has 2 unspecified atom stereocenters. The topological polar surface area (TPSA) is 87.0 Å². The summed E-state index contributed by atoms with van der Waals surface area (Å²) in [5.41, 5.74) is 0. The van der Waals surface area contributed by atoms with Gasteiger partial charge in [0, 0.05) is 4.57 Å². The molecule has 0 amide bonds. The predicted octanol–water partition coefficient (Wildman–Crippen LogP) is -0.358. The van der Waals surface area contributed by atoms with Gasteiger partial charge in [0.2, 0.25) is 0 Å². The standard InChI is InChI=1S/C3H8O2.CH3O3P/c1-3(5)2-4;1-4-5(2)3/h3-5H,2H2,1H3;1H3/p+1. The predicted molar refractivity (Wildman–Crippen MR) is 35.6 cm³/mol. The van der Waals surface area contributed by atoms with Crippen LogP contribution in [0.2, 0.25) is 0 Å². The van der Waals surface area contributed by atoms with Crippen LogP contribution in [0.5, 0.6) is 0 Å². The zero-order valence-electron chi connectivity index (χ0n) is 5.89. The van der Waals surface area contributed by atoms with Gasteiger partial charge >= 0.3 is 8.25 Å². The van der Waals surface area contributed by atoms with E-state index in [1.807, 2.05) is 0 Å². The van der Waals surface area contributed by atoms with Gasteiger partial charge in [0.1, 0.15) is 0 Å². The highest BCUT2D eigenvalue weighted by molar-refractivity contribution is 7.32. The molecule has 3 N–H and O–H groups in total. The van der Waals surface area contributed by atoms with E-state index in [2.05, 4.69) is 4.52 Å². The van der Waals surface area contributed by atoms with Gasteiger partial charge in [-0.15, -0.1) is 9.42 Å². The summed E-state index contributed by atoms with van der Waals surface area (Å²) in [6.07, 6.45) is -0.560. The summed E-state index contributed by atoms with van der Waals surface area (Å²) in [4.78, 5) is 7.65. The Morgan fingerprint density at radius 2 is 1.90 bits per heavy atom. The van der Waals surface area contributed by atoms with Gasteiger partial charge in [0.25, 0.3) is 0 Å². The Balaban J connectivity index is 0. The van der Waals surface area contributed by atoms with Crippen LogP contribution in [0.4, 0.5) is 0 Å². The van der Waals surface area contributed by atoms with Crippen LogP contribution in [0.1, 0.15) is 6.92 Å². The van der Waals surface area contributed by atoms with Gasteiger partial charge in [-0.05, 0) is 6.92 Å². The molecule has 0 aliphatic rings. The number of hydrogen-bond donors (Lipinski definition) is 3. The molecule has 5 nitrogen and oxygen atoms in total. The number of aliphatic hydroxyl groups excluding tert-OH is 2. The minimum Gasteiger partial charge on any atom is -0.394 e. The quantitative estimate of drug-likeness (QED) is 0.494. The lowest BCUT2D eigenvalue weighted by Gasteiger charge is -1.90. The molecule has 2 atom stereocenters. The van der Waals surface area contributed by atoms with Crippen LogP contribution in [-0.2, 0) is 9.09 Å². The zero-order valence-corrected chi connectivity index (χ0v) is 6.78. The molecule has 0 heterocycles. The lowest BCUT2D eigenvalue weighted by molar-refractivity contribution is 0.110. The van der Waals surface area contributed by atoms with Crippen LogP contribution in [-0.4, -0.2) is 34.9 Å². The molecule has 0 saturated carbocycles. The van der Waals surface area contributed by atoms with Crippen LogP contribution in [0.25, 0.3) is 0 Å². The molecule has 6 heteroatoms. The second kappa shape index (κ2) is 8.94. The molecule has 62 valence electrons. The first kappa shape index (κ1) is 12.6. The van der Waals surface area contributed by atoms with Crippen molar-refractivity contribution in [3.8, 4) is 0 Å². The summed E-state index contributed by atoms with van der Waals surface area (Å²) in [5, 5.41) is 16.0. The van der Waals surface area contributed by atoms with E-state index in [4.69, 9.17) is 15.1 Å². The average molecular weight is 171 g/mol. The maximum atomic E-state index is 9.29. The molecule has 10 heavy (non-hydrogen) atoms. The molecule has 0 rings (SSSR count). The van der Waals surface area contributed by atoms with Crippen molar-refractivity contribution in [3.05, 3.63) is 0 Å². The third-order valence-electron chi connectivity index (χ3n) is 0.420. The first-order valence-electron chi connectivity index (χ1n) is 2.53. The summed E-state index contributed by atoms with van der Waals surface area (Å²) in [5.74, 6) is 0. The lowest BCUT2D eigenvalue weighted by Crippen LogP contribution is -2.03. The molecular formula is C4H12O5P+. The maximum Gasteiger partial charge on any atom is 0.694 e. The zero-order chi connectivity index (χ0) is 8.57. The Labute approximate surface area is 60.2 Å². The minimum absolute atomic E-state index is 0.139. The molecule has 0 fully saturated rings. The Morgan fingerprint density at radius 1 is 1.70 bits per heavy atom. The highest BCUT2D eigenvalue weighted by Crippen LogP contribution is 2.09. The summed E-state index contributed by atoms with van der Waals surface area (Å²) in [6, 6.07) is 0. The van der Waals surface area contributed by atoms with E-state index in [-0.39, 0.29) is 6.61 Å². The van der Waals surface area contributed by atoms with Crippen molar-refractivity contribution in [2.75, 3.05) is 13.7 Å². The number of hydrogen-bond acceptors (Lipinski definition) is 4. The van der Waals surface area contributed by atoms with Crippen LogP contribution in [0.3, 0.4) is 0 Å². The Bertz CT molecular complexity index is 83.7. The molecule has 0 aliphatic carbocycles. The molecule has 0 aliphatic heterocycles. The summed E-state index contributed by atoms with van der Waals surface area (Å²) < 4.78 is 13.1. The van der Waals surface area contributed by atoms with E-state index < -0.39 is 14.4 Å². The Kier molecular flexibility index (Phi) is 11.3. The fourth-order valence-corrected chi connectivity index (χ4v) is 0. The van der Waals surface area contributed by atoms with E-state index in [1.54, 1.807) is 0 Å². The smallest absolute Gasteiger partial charge is 0.394 e. The van der Waals surface area contributed by atoms with E-state index >= 15 is 0 Å². The second-order valence-electron chi connectivity index (χ2n) is 1.45. The summed E-state index contributed by atoms with van der Waals surface area (Å²) in [7, 11) is -1.18. The van der Waals surface area contributed by atoms with E-state index in [0.717, 1.165) is 0 Å². The van der Waals surface area contributed by atoms with Gasteiger partial charge in [-0.2, -0.15) is 0 Å². The number of aliphatic hydroxyl groups is 2. The average Bonchev–Trinajstić information content (AvgIpc) is 1.89. The van der Waals surface area contributed by atoms with Crippen molar-refractivity contribution < 1.29 is 24.2 Å². The first-order valence-corrected chi connectivity index (χ1v) is 3.66. The molecule has 0 bridgehead atoms. The van der Waals surface area contributed by atoms with Gasteiger partial charge < -0.3 is 10.2 Å². The van der Waals surface area contributed by atoms with Crippen molar-refractivity contribution in [3.63, 3.8) is 0 Å². The van der Waals surface area contributed by atoms with Crippen LogP contribution < -0.4 is 0 Å². The van der Waals surface area contributed by atoms with Crippen LogP contribution >= 0.6 is 8.25 Å². The van der Waals surface area contributed by atoms with Gasteiger partial charge in [-0.1, -0.05) is 0 Å². The molecule has 0 aromatic rings. The Morgan fingerprint density at radius 3 is 1.90 bits per heavy atom. The minimum atomic E-state index is -2.35. The Hall–Kier alpha value is -0.0600. The van der Waals surface area contributed by atoms with E-state index in [1.165, 1.54) is 14.0 Å². The lowest BCUT2D eigenvalue weighted by atomic mass is 10.5. The molecular weight excluding hydrogens is 159 g/mol. The second-order valence-corrected chi connectivity index (χ2v) is 2.29. The first-order chi connectivity index (χ1) is 4.54. The van der Waals surface area contributed by atoms with Crippen LogP contribution in [0.15, 0.2) is 0 Å². The fourth-order valence-electron chi connectivity index (χ4n) is 0. The van der Waals surface area contributed by atoms with Crippen molar-refractivity contribution in [1.29, 1.82) is 0 Å². The largest absolute Gasteiger partial charge is 0.694 e. The molecule has 0 saturated heterocycles. The summed E-state index contributed by atoms with van der Waals surface area (Å²) in [6.45, 7) is 1.39. The molecule has 0 radical (unpaired) electrons. The van der Waals surface area contributed by atoms with Crippen LogP contribution in [0, 0.1) is 0 Å². The van der Waals surface area contributed by atoms with Gasteiger partial charge in [-0.25, -0.2) is 0 Å². The molecule has 0 aromatic carbocycles. The molecule has 0 aromatic heterocycles. The monoisotopic (exact) mass is 171 g/mol. The van der Waals surface area contributed by atoms with E-state index in [0.29, 0.717) is 0 Å². The SMILES string of the molecule is CC(O)CO.CO[P+](=O)O. The van der Waals surface area contributed by atoms with Crippen molar-refractivity contribution in [2.45, 2.75) is 13.0 Å². The van der Waals surface area contributed by atoms with Crippen molar-refractivity contribution in [1.82, 2.24) is 0 Å². The highest BCUT2D eigenvalue weighted by atomic mass is 31.1. The van der Waals surface area contributed by atoms with Gasteiger partial charge in [-0.3, -0.25) is 0 Å². The van der Waals surface area contributed by atoms with Crippen molar-refractivity contribution >= 4 is 8.25 Å². The third kappa shape index (κ3) is 24.6. The molecule has 0 spiro atoms.